The molecule has 25 heavy (non-hydrogen) atoms. The van der Waals surface area contributed by atoms with Crippen LogP contribution in [0.2, 0.25) is 0 Å². The standard InChI is InChI=1S/C17H19N3O5/c1-3-7-19-17(23)20-15(21)11-25-16(22)13(10-18)8-12-5-4-6-14(9-12)24-2/h4-6,8-9H,3,7,11H2,1-2H3,(H2,19,20,21,23)/b13-8+. The summed E-state index contributed by atoms with van der Waals surface area (Å²) in [5.74, 6) is -1.19. The summed E-state index contributed by atoms with van der Waals surface area (Å²) in [4.78, 5) is 34.7. The van der Waals surface area contributed by atoms with Crippen molar-refractivity contribution in [3.8, 4) is 11.8 Å². The van der Waals surface area contributed by atoms with Gasteiger partial charge in [0, 0.05) is 6.54 Å². The maximum absolute atomic E-state index is 11.9. The lowest BCUT2D eigenvalue weighted by Gasteiger charge is -2.06. The first-order valence-electron chi connectivity index (χ1n) is 7.50. The second-order valence-electron chi connectivity index (χ2n) is 4.83. The molecule has 2 N–H and O–H groups in total. The molecule has 8 nitrogen and oxygen atoms in total. The van der Waals surface area contributed by atoms with Crippen molar-refractivity contribution < 1.29 is 23.9 Å². The highest BCUT2D eigenvalue weighted by molar-refractivity contribution is 6.00. The van der Waals surface area contributed by atoms with E-state index in [0.717, 1.165) is 6.42 Å². The molecule has 0 atom stereocenters. The Morgan fingerprint density at radius 2 is 2.08 bits per heavy atom. The third-order valence-electron chi connectivity index (χ3n) is 2.87. The van der Waals surface area contributed by atoms with E-state index in [1.165, 1.54) is 13.2 Å². The number of imide groups is 1. The fraction of sp³-hybridized carbons (Fsp3) is 0.294. The van der Waals surface area contributed by atoms with E-state index < -0.39 is 24.5 Å². The summed E-state index contributed by atoms with van der Waals surface area (Å²) in [6.07, 6.45) is 2.04. The summed E-state index contributed by atoms with van der Waals surface area (Å²) in [6, 6.07) is 7.78. The molecule has 0 bridgehead atoms. The van der Waals surface area contributed by atoms with Crippen molar-refractivity contribution in [3.05, 3.63) is 35.4 Å². The number of rotatable bonds is 7. The normalized spacial score (nSPS) is 10.4. The summed E-state index contributed by atoms with van der Waals surface area (Å²) in [6.45, 7) is 1.61. The van der Waals surface area contributed by atoms with Gasteiger partial charge < -0.3 is 14.8 Å². The molecular weight excluding hydrogens is 326 g/mol. The zero-order chi connectivity index (χ0) is 18.7. The van der Waals surface area contributed by atoms with Gasteiger partial charge in [0.1, 0.15) is 17.4 Å². The molecule has 0 spiro atoms. The third-order valence-corrected chi connectivity index (χ3v) is 2.87. The smallest absolute Gasteiger partial charge is 0.349 e. The van der Waals surface area contributed by atoms with Gasteiger partial charge in [-0.05, 0) is 30.2 Å². The van der Waals surface area contributed by atoms with Crippen molar-refractivity contribution in [2.75, 3.05) is 20.3 Å². The van der Waals surface area contributed by atoms with Crippen molar-refractivity contribution >= 4 is 24.0 Å². The van der Waals surface area contributed by atoms with Gasteiger partial charge in [0.25, 0.3) is 5.91 Å². The predicted molar refractivity (Wildman–Crippen MR) is 89.4 cm³/mol. The molecule has 0 saturated heterocycles. The summed E-state index contributed by atoms with van der Waals surface area (Å²) in [5.41, 5.74) is 0.285. The highest BCUT2D eigenvalue weighted by Crippen LogP contribution is 2.15. The summed E-state index contributed by atoms with van der Waals surface area (Å²) in [7, 11) is 1.50. The molecular formula is C17H19N3O5. The van der Waals surface area contributed by atoms with Gasteiger partial charge in [-0.25, -0.2) is 9.59 Å². The second kappa shape index (κ2) is 10.4. The van der Waals surface area contributed by atoms with Gasteiger partial charge in [0.15, 0.2) is 6.61 Å². The van der Waals surface area contributed by atoms with Crippen LogP contribution >= 0.6 is 0 Å². The molecule has 1 rings (SSSR count). The maximum Gasteiger partial charge on any atom is 0.349 e. The number of amides is 3. The first kappa shape index (κ1) is 19.7. The maximum atomic E-state index is 11.9. The Bertz CT molecular complexity index is 706. The van der Waals surface area contributed by atoms with Crippen LogP contribution in [0.25, 0.3) is 6.08 Å². The summed E-state index contributed by atoms with van der Waals surface area (Å²) in [5, 5.41) is 13.5. The molecule has 0 heterocycles. The van der Waals surface area contributed by atoms with E-state index in [0.29, 0.717) is 17.9 Å². The minimum atomic E-state index is -0.963. The molecule has 0 fully saturated rings. The van der Waals surface area contributed by atoms with Crippen LogP contribution in [0.1, 0.15) is 18.9 Å². The zero-order valence-corrected chi connectivity index (χ0v) is 14.0. The molecule has 3 amide bonds. The zero-order valence-electron chi connectivity index (χ0n) is 14.0. The lowest BCUT2D eigenvalue weighted by molar-refractivity contribution is -0.144. The molecule has 8 heteroatoms. The molecule has 0 saturated carbocycles. The van der Waals surface area contributed by atoms with Crippen LogP contribution in [-0.4, -0.2) is 38.2 Å². The molecule has 1 aromatic rings. The molecule has 0 aliphatic carbocycles. The molecule has 0 aromatic heterocycles. The third kappa shape index (κ3) is 7.18. The number of urea groups is 1. The van der Waals surface area contributed by atoms with Crippen LogP contribution in [-0.2, 0) is 14.3 Å². The molecule has 0 aliphatic rings. The van der Waals surface area contributed by atoms with Crippen molar-refractivity contribution in [2.24, 2.45) is 0 Å². The van der Waals surface area contributed by atoms with E-state index >= 15 is 0 Å². The number of ether oxygens (including phenoxy) is 2. The Morgan fingerprint density at radius 3 is 2.72 bits per heavy atom. The van der Waals surface area contributed by atoms with Crippen LogP contribution in [0.3, 0.4) is 0 Å². The number of nitriles is 1. The quantitative estimate of drug-likeness (QED) is 0.438. The van der Waals surface area contributed by atoms with Gasteiger partial charge in [-0.1, -0.05) is 19.1 Å². The average molecular weight is 345 g/mol. The number of methoxy groups -OCH3 is 1. The summed E-state index contributed by atoms with van der Waals surface area (Å²) < 4.78 is 9.79. The van der Waals surface area contributed by atoms with Crippen molar-refractivity contribution in [2.45, 2.75) is 13.3 Å². The molecule has 0 unspecified atom stereocenters. The number of hydrogen-bond donors (Lipinski definition) is 2. The number of hydrogen-bond acceptors (Lipinski definition) is 6. The molecule has 1 aromatic carbocycles. The number of esters is 1. The number of carbonyl (C=O) groups excluding carboxylic acids is 3. The highest BCUT2D eigenvalue weighted by Gasteiger charge is 2.14. The number of nitrogens with zero attached hydrogens (tertiary/aromatic N) is 1. The van der Waals surface area contributed by atoms with Gasteiger partial charge >= 0.3 is 12.0 Å². The Kier molecular flexibility index (Phi) is 8.23. The van der Waals surface area contributed by atoms with Gasteiger partial charge in [-0.15, -0.1) is 0 Å². The topological polar surface area (TPSA) is 118 Å². The Labute approximate surface area is 145 Å². The van der Waals surface area contributed by atoms with E-state index in [9.17, 15) is 14.4 Å². The van der Waals surface area contributed by atoms with E-state index in [1.807, 2.05) is 12.2 Å². The van der Waals surface area contributed by atoms with Gasteiger partial charge in [-0.3, -0.25) is 10.1 Å². The monoisotopic (exact) mass is 345 g/mol. The molecule has 0 aliphatic heterocycles. The number of benzene rings is 1. The first-order chi connectivity index (χ1) is 12.0. The highest BCUT2D eigenvalue weighted by atomic mass is 16.5. The Morgan fingerprint density at radius 1 is 1.32 bits per heavy atom. The first-order valence-corrected chi connectivity index (χ1v) is 7.50. The van der Waals surface area contributed by atoms with Crippen LogP contribution in [0.15, 0.2) is 29.8 Å². The summed E-state index contributed by atoms with van der Waals surface area (Å²) >= 11 is 0. The lowest BCUT2D eigenvalue weighted by atomic mass is 10.1. The van der Waals surface area contributed by atoms with Gasteiger partial charge in [0.2, 0.25) is 0 Å². The molecule has 132 valence electrons. The van der Waals surface area contributed by atoms with E-state index in [1.54, 1.807) is 30.3 Å². The van der Waals surface area contributed by atoms with Crippen LogP contribution in [0.4, 0.5) is 4.79 Å². The fourth-order valence-electron chi connectivity index (χ4n) is 1.69. The SMILES string of the molecule is CCCNC(=O)NC(=O)COC(=O)/C(C#N)=C/c1cccc(OC)c1. The van der Waals surface area contributed by atoms with Crippen molar-refractivity contribution in [1.82, 2.24) is 10.6 Å². The van der Waals surface area contributed by atoms with Gasteiger partial charge in [-0.2, -0.15) is 5.26 Å². The van der Waals surface area contributed by atoms with E-state index in [4.69, 9.17) is 14.7 Å². The van der Waals surface area contributed by atoms with Crippen LogP contribution in [0, 0.1) is 11.3 Å². The largest absolute Gasteiger partial charge is 0.497 e. The number of carbonyl (C=O) groups is 3. The van der Waals surface area contributed by atoms with E-state index in [-0.39, 0.29) is 5.57 Å². The van der Waals surface area contributed by atoms with Gasteiger partial charge in [0.05, 0.1) is 7.11 Å². The Hall–Kier alpha value is -3.34. The Balaban J connectivity index is 2.61. The second-order valence-corrected chi connectivity index (χ2v) is 4.83. The minimum absolute atomic E-state index is 0.281. The van der Waals surface area contributed by atoms with Crippen molar-refractivity contribution in [3.63, 3.8) is 0 Å². The van der Waals surface area contributed by atoms with Crippen LogP contribution < -0.4 is 15.4 Å². The van der Waals surface area contributed by atoms with Crippen molar-refractivity contribution in [1.29, 1.82) is 5.26 Å². The lowest BCUT2D eigenvalue weighted by Crippen LogP contribution is -2.41. The average Bonchev–Trinajstić information content (AvgIpc) is 2.62. The fourth-order valence-corrected chi connectivity index (χ4v) is 1.69. The number of nitrogens with one attached hydrogen (secondary N) is 2. The van der Waals surface area contributed by atoms with E-state index in [2.05, 4.69) is 5.32 Å². The minimum Gasteiger partial charge on any atom is -0.497 e. The predicted octanol–water partition coefficient (Wildman–Crippen LogP) is 1.38. The molecule has 0 radical (unpaired) electrons. The van der Waals surface area contributed by atoms with Crippen LogP contribution in [0.5, 0.6) is 5.75 Å².